The standard InChI is InChI=1S/C10H17/c1-8(2)10-6-4-9(3)5-7-10/h6,9-10H,1,4-5,7H2,2-3H3/t9-,10+/m1/s1. The Hall–Kier alpha value is -0.260. The average Bonchev–Trinajstić information content (AvgIpc) is 1.88. The highest BCUT2D eigenvalue weighted by molar-refractivity contribution is 5.04. The highest BCUT2D eigenvalue weighted by Gasteiger charge is 2.18. The zero-order valence-corrected chi connectivity index (χ0v) is 7.06. The van der Waals surface area contributed by atoms with Crippen LogP contribution in [0.25, 0.3) is 0 Å². The fourth-order valence-corrected chi connectivity index (χ4v) is 1.54. The molecule has 1 fully saturated rings. The first-order valence-electron chi connectivity index (χ1n) is 4.19. The first kappa shape index (κ1) is 7.84. The molecule has 0 amide bonds. The summed E-state index contributed by atoms with van der Waals surface area (Å²) < 4.78 is 0. The van der Waals surface area contributed by atoms with Gasteiger partial charge in [-0.15, -0.1) is 0 Å². The van der Waals surface area contributed by atoms with Gasteiger partial charge >= 0.3 is 0 Å². The summed E-state index contributed by atoms with van der Waals surface area (Å²) in [5.74, 6) is 1.63. The molecule has 0 unspecified atom stereocenters. The van der Waals surface area contributed by atoms with Gasteiger partial charge in [-0.1, -0.05) is 25.5 Å². The van der Waals surface area contributed by atoms with Gasteiger partial charge in [0.15, 0.2) is 0 Å². The van der Waals surface area contributed by atoms with Crippen LogP contribution in [0, 0.1) is 18.3 Å². The molecule has 0 heteroatoms. The molecule has 0 aromatic rings. The molecule has 0 spiro atoms. The smallest absolute Gasteiger partial charge is 0.0177 e. The van der Waals surface area contributed by atoms with Gasteiger partial charge in [-0.3, -0.25) is 0 Å². The van der Waals surface area contributed by atoms with Crippen molar-refractivity contribution in [3.63, 3.8) is 0 Å². The highest BCUT2D eigenvalue weighted by Crippen LogP contribution is 2.30. The molecule has 0 heterocycles. The summed E-state index contributed by atoms with van der Waals surface area (Å²) >= 11 is 0. The minimum atomic E-state index is 0.719. The van der Waals surface area contributed by atoms with Gasteiger partial charge in [-0.2, -0.15) is 0 Å². The Bertz CT molecular complexity index is 116. The molecule has 0 aromatic heterocycles. The van der Waals surface area contributed by atoms with E-state index in [9.17, 15) is 0 Å². The summed E-state index contributed by atoms with van der Waals surface area (Å²) in [4.78, 5) is 0. The van der Waals surface area contributed by atoms with Gasteiger partial charge < -0.3 is 0 Å². The van der Waals surface area contributed by atoms with E-state index >= 15 is 0 Å². The molecule has 2 atom stereocenters. The van der Waals surface area contributed by atoms with Crippen molar-refractivity contribution < 1.29 is 0 Å². The Balaban J connectivity index is 2.33. The molecule has 10 heavy (non-hydrogen) atoms. The van der Waals surface area contributed by atoms with E-state index in [1.807, 2.05) is 0 Å². The zero-order chi connectivity index (χ0) is 7.56. The van der Waals surface area contributed by atoms with Crippen LogP contribution in [0.2, 0.25) is 0 Å². The van der Waals surface area contributed by atoms with E-state index in [2.05, 4.69) is 26.8 Å². The van der Waals surface area contributed by atoms with Crippen LogP contribution in [-0.4, -0.2) is 0 Å². The number of rotatable bonds is 1. The van der Waals surface area contributed by atoms with Crippen molar-refractivity contribution in [2.24, 2.45) is 11.8 Å². The molecule has 1 aliphatic carbocycles. The van der Waals surface area contributed by atoms with Crippen LogP contribution in [0.15, 0.2) is 12.2 Å². The molecule has 0 aliphatic heterocycles. The van der Waals surface area contributed by atoms with Crippen LogP contribution < -0.4 is 0 Å². The Morgan fingerprint density at radius 1 is 1.50 bits per heavy atom. The fraction of sp³-hybridized carbons (Fsp3) is 0.700. The molecule has 0 N–H and O–H groups in total. The predicted molar refractivity (Wildman–Crippen MR) is 45.6 cm³/mol. The third-order valence-electron chi connectivity index (χ3n) is 2.43. The van der Waals surface area contributed by atoms with E-state index in [0.717, 1.165) is 11.8 Å². The monoisotopic (exact) mass is 137 g/mol. The molecular formula is C10H17. The second kappa shape index (κ2) is 3.23. The Kier molecular flexibility index (Phi) is 2.53. The van der Waals surface area contributed by atoms with Gasteiger partial charge in [0.1, 0.15) is 0 Å². The number of hydrogen-bond acceptors (Lipinski definition) is 0. The lowest BCUT2D eigenvalue weighted by Gasteiger charge is -2.25. The first-order valence-corrected chi connectivity index (χ1v) is 4.19. The third kappa shape index (κ3) is 1.86. The molecular weight excluding hydrogens is 120 g/mol. The Labute approximate surface area is 64.3 Å². The predicted octanol–water partition coefficient (Wildman–Crippen LogP) is 3.20. The minimum Gasteiger partial charge on any atom is -0.0999 e. The molecule has 1 rings (SSSR count). The van der Waals surface area contributed by atoms with Crippen molar-refractivity contribution in [2.45, 2.75) is 33.1 Å². The molecule has 1 saturated carbocycles. The maximum absolute atomic E-state index is 3.97. The first-order chi connectivity index (χ1) is 4.70. The number of allylic oxidation sites excluding steroid dienone is 1. The van der Waals surface area contributed by atoms with Gasteiger partial charge in [-0.05, 0) is 38.0 Å². The van der Waals surface area contributed by atoms with Crippen molar-refractivity contribution in [3.05, 3.63) is 18.6 Å². The summed E-state index contributed by atoms with van der Waals surface area (Å²) in [6.45, 7) is 8.43. The SMILES string of the molecule is C=C(C)[C@H]1[CH]C[C@@H](C)CC1. The van der Waals surface area contributed by atoms with Crippen molar-refractivity contribution in [1.82, 2.24) is 0 Å². The molecule has 0 aromatic carbocycles. The molecule has 0 bridgehead atoms. The summed E-state index contributed by atoms with van der Waals surface area (Å²) in [6, 6.07) is 0. The minimum absolute atomic E-state index is 0.719. The van der Waals surface area contributed by atoms with E-state index in [-0.39, 0.29) is 0 Å². The van der Waals surface area contributed by atoms with Crippen LogP contribution in [0.1, 0.15) is 33.1 Å². The van der Waals surface area contributed by atoms with Crippen molar-refractivity contribution in [2.75, 3.05) is 0 Å². The molecule has 0 nitrogen and oxygen atoms in total. The molecule has 1 radical (unpaired) electrons. The van der Waals surface area contributed by atoms with E-state index in [1.54, 1.807) is 0 Å². The van der Waals surface area contributed by atoms with E-state index in [1.165, 1.54) is 24.8 Å². The largest absolute Gasteiger partial charge is 0.0999 e. The van der Waals surface area contributed by atoms with E-state index in [4.69, 9.17) is 0 Å². The lowest BCUT2D eigenvalue weighted by molar-refractivity contribution is 0.392. The van der Waals surface area contributed by atoms with E-state index in [0.29, 0.717) is 0 Å². The quantitative estimate of drug-likeness (QED) is 0.487. The van der Waals surface area contributed by atoms with Gasteiger partial charge in [0.05, 0.1) is 0 Å². The second-order valence-electron chi connectivity index (χ2n) is 3.61. The lowest BCUT2D eigenvalue weighted by atomic mass is 9.80. The molecule has 57 valence electrons. The summed E-state index contributed by atoms with van der Waals surface area (Å²) in [5, 5.41) is 0. The summed E-state index contributed by atoms with van der Waals surface area (Å²) in [5.41, 5.74) is 1.34. The van der Waals surface area contributed by atoms with Gasteiger partial charge in [-0.25, -0.2) is 0 Å². The lowest BCUT2D eigenvalue weighted by Crippen LogP contribution is -2.13. The normalized spacial score (nSPS) is 33.8. The maximum Gasteiger partial charge on any atom is -0.0177 e. The molecule has 1 aliphatic rings. The molecule has 0 saturated heterocycles. The van der Waals surface area contributed by atoms with Crippen LogP contribution in [-0.2, 0) is 0 Å². The summed E-state index contributed by atoms with van der Waals surface area (Å²) in [6.07, 6.45) is 6.43. The van der Waals surface area contributed by atoms with Crippen LogP contribution in [0.4, 0.5) is 0 Å². The van der Waals surface area contributed by atoms with Gasteiger partial charge in [0.2, 0.25) is 0 Å². The fourth-order valence-electron chi connectivity index (χ4n) is 1.54. The third-order valence-corrected chi connectivity index (χ3v) is 2.43. The average molecular weight is 137 g/mol. The van der Waals surface area contributed by atoms with Gasteiger partial charge in [0.25, 0.3) is 0 Å². The maximum atomic E-state index is 3.97. The van der Waals surface area contributed by atoms with Crippen LogP contribution in [0.5, 0.6) is 0 Å². The van der Waals surface area contributed by atoms with Crippen molar-refractivity contribution in [3.8, 4) is 0 Å². The summed E-state index contributed by atoms with van der Waals surface area (Å²) in [7, 11) is 0. The number of hydrogen-bond donors (Lipinski definition) is 0. The Morgan fingerprint density at radius 2 is 2.20 bits per heavy atom. The topological polar surface area (TPSA) is 0 Å². The highest BCUT2D eigenvalue weighted by atomic mass is 14.2. The van der Waals surface area contributed by atoms with Crippen LogP contribution in [0.3, 0.4) is 0 Å². The second-order valence-corrected chi connectivity index (χ2v) is 3.61. The Morgan fingerprint density at radius 3 is 2.60 bits per heavy atom. The van der Waals surface area contributed by atoms with E-state index < -0.39 is 0 Å². The van der Waals surface area contributed by atoms with Crippen LogP contribution >= 0.6 is 0 Å². The van der Waals surface area contributed by atoms with Crippen molar-refractivity contribution >= 4 is 0 Å². The zero-order valence-electron chi connectivity index (χ0n) is 7.06. The van der Waals surface area contributed by atoms with Gasteiger partial charge in [0, 0.05) is 0 Å². The van der Waals surface area contributed by atoms with Crippen molar-refractivity contribution in [1.29, 1.82) is 0 Å².